The van der Waals surface area contributed by atoms with E-state index in [1.807, 2.05) is 49.6 Å². The lowest BCUT2D eigenvalue weighted by molar-refractivity contribution is -0.125. The summed E-state index contributed by atoms with van der Waals surface area (Å²) >= 11 is 1.53. The molecule has 0 bridgehead atoms. The third-order valence-corrected chi connectivity index (χ3v) is 4.91. The van der Waals surface area contributed by atoms with Gasteiger partial charge in [-0.1, -0.05) is 37.3 Å². The maximum Gasteiger partial charge on any atom is 0.225 e. The molecule has 0 fully saturated rings. The van der Waals surface area contributed by atoms with Gasteiger partial charge in [0.2, 0.25) is 5.91 Å². The zero-order valence-corrected chi connectivity index (χ0v) is 14.5. The Morgan fingerprint density at radius 1 is 1.35 bits per heavy atom. The molecule has 1 heterocycles. The zero-order chi connectivity index (χ0) is 16.8. The molecule has 6 heteroatoms. The second-order valence-corrected chi connectivity index (χ2v) is 6.39. The number of ether oxygens (including phenoxy) is 1. The number of thiazole rings is 1. The number of carbonyl (C=O) groups excluding carboxylic acids is 1. The van der Waals surface area contributed by atoms with Crippen molar-refractivity contribution in [2.45, 2.75) is 32.5 Å². The van der Waals surface area contributed by atoms with Gasteiger partial charge in [-0.05, 0) is 12.5 Å². The topological polar surface area (TPSA) is 77.2 Å². The zero-order valence-electron chi connectivity index (χ0n) is 13.7. The Bertz CT molecular complexity index is 630. The second kappa shape index (κ2) is 8.19. The Morgan fingerprint density at radius 3 is 2.70 bits per heavy atom. The molecule has 2 aromatic rings. The van der Waals surface area contributed by atoms with Gasteiger partial charge in [-0.25, -0.2) is 4.98 Å². The molecule has 2 rings (SSSR count). The summed E-state index contributed by atoms with van der Waals surface area (Å²) in [6.45, 7) is 4.19. The lowest BCUT2D eigenvalue weighted by Crippen LogP contribution is -2.35. The van der Waals surface area contributed by atoms with E-state index in [9.17, 15) is 4.79 Å². The van der Waals surface area contributed by atoms with Crippen LogP contribution in [-0.2, 0) is 16.1 Å². The largest absolute Gasteiger partial charge is 0.375 e. The quantitative estimate of drug-likeness (QED) is 0.817. The van der Waals surface area contributed by atoms with Crippen LogP contribution < -0.4 is 11.1 Å². The smallest absolute Gasteiger partial charge is 0.225 e. The summed E-state index contributed by atoms with van der Waals surface area (Å²) in [6.07, 6.45) is -0.0325. The van der Waals surface area contributed by atoms with E-state index in [1.165, 1.54) is 11.3 Å². The van der Waals surface area contributed by atoms with E-state index in [0.29, 0.717) is 6.54 Å². The molecule has 3 atom stereocenters. The lowest BCUT2D eigenvalue weighted by Gasteiger charge is -2.19. The fourth-order valence-electron chi connectivity index (χ4n) is 2.16. The highest BCUT2D eigenvalue weighted by atomic mass is 32.1. The molecule has 0 aliphatic heterocycles. The number of carbonyl (C=O) groups is 1. The van der Waals surface area contributed by atoms with Crippen LogP contribution in [0.5, 0.6) is 0 Å². The predicted octanol–water partition coefficient (Wildman–Crippen LogP) is 2.80. The molecular weight excluding hydrogens is 310 g/mol. The molecule has 3 unspecified atom stereocenters. The first-order valence-corrected chi connectivity index (χ1v) is 8.46. The lowest BCUT2D eigenvalue weighted by atomic mass is 9.95. The minimum Gasteiger partial charge on any atom is -0.375 e. The van der Waals surface area contributed by atoms with Gasteiger partial charge in [0.1, 0.15) is 11.1 Å². The third-order valence-electron chi connectivity index (χ3n) is 3.85. The summed E-state index contributed by atoms with van der Waals surface area (Å²) in [5, 5.41) is 5.75. The van der Waals surface area contributed by atoms with Crippen molar-refractivity contribution < 1.29 is 9.53 Å². The van der Waals surface area contributed by atoms with Crippen LogP contribution in [0.3, 0.4) is 0 Å². The van der Waals surface area contributed by atoms with Crippen molar-refractivity contribution in [3.05, 3.63) is 52.0 Å². The van der Waals surface area contributed by atoms with Crippen LogP contribution in [0.15, 0.2) is 35.7 Å². The fourth-order valence-corrected chi connectivity index (χ4v) is 3.01. The van der Waals surface area contributed by atoms with Gasteiger partial charge in [0.25, 0.3) is 0 Å². The highest BCUT2D eigenvalue weighted by Gasteiger charge is 2.22. The molecule has 5 nitrogen and oxygen atoms in total. The molecule has 0 saturated heterocycles. The number of aromatic nitrogens is 1. The molecule has 124 valence electrons. The van der Waals surface area contributed by atoms with E-state index < -0.39 is 0 Å². The van der Waals surface area contributed by atoms with Gasteiger partial charge >= 0.3 is 0 Å². The molecule has 0 aliphatic carbocycles. The molecule has 0 aliphatic rings. The average molecular weight is 333 g/mol. The number of benzene rings is 1. The normalized spacial score (nSPS) is 15.0. The first kappa shape index (κ1) is 17.6. The van der Waals surface area contributed by atoms with Crippen molar-refractivity contribution in [1.82, 2.24) is 10.3 Å². The highest BCUT2D eigenvalue weighted by Crippen LogP contribution is 2.21. The van der Waals surface area contributed by atoms with Crippen molar-refractivity contribution in [1.29, 1.82) is 0 Å². The molecule has 0 radical (unpaired) electrons. The van der Waals surface area contributed by atoms with E-state index >= 15 is 0 Å². The van der Waals surface area contributed by atoms with E-state index in [4.69, 9.17) is 10.5 Å². The summed E-state index contributed by atoms with van der Waals surface area (Å²) in [6, 6.07) is 9.33. The minimum atomic E-state index is -0.323. The molecule has 1 amide bonds. The molecule has 1 aromatic heterocycles. The average Bonchev–Trinajstić information content (AvgIpc) is 3.07. The molecule has 0 spiro atoms. The number of rotatable bonds is 7. The van der Waals surface area contributed by atoms with Gasteiger partial charge in [0.05, 0.1) is 18.2 Å². The first-order valence-electron chi connectivity index (χ1n) is 7.58. The second-order valence-electron chi connectivity index (χ2n) is 5.50. The molecule has 0 saturated carbocycles. The van der Waals surface area contributed by atoms with E-state index in [0.717, 1.165) is 16.3 Å². The fraction of sp³-hybridized carbons (Fsp3) is 0.412. The van der Waals surface area contributed by atoms with Crippen molar-refractivity contribution in [2.24, 2.45) is 11.7 Å². The van der Waals surface area contributed by atoms with Crippen molar-refractivity contribution in [3.63, 3.8) is 0 Å². The summed E-state index contributed by atoms with van der Waals surface area (Å²) in [5.41, 5.74) is 7.97. The van der Waals surface area contributed by atoms with Gasteiger partial charge in [0.15, 0.2) is 0 Å². The first-order chi connectivity index (χ1) is 11.0. The number of amides is 1. The summed E-state index contributed by atoms with van der Waals surface area (Å²) in [4.78, 5) is 16.8. The highest BCUT2D eigenvalue weighted by molar-refractivity contribution is 7.09. The van der Waals surface area contributed by atoms with Crippen LogP contribution in [0.25, 0.3) is 0 Å². The Hall–Kier alpha value is -1.76. The Kier molecular flexibility index (Phi) is 6.27. The van der Waals surface area contributed by atoms with Gasteiger partial charge in [-0.2, -0.15) is 0 Å². The number of methoxy groups -OCH3 is 1. The molecule has 23 heavy (non-hydrogen) atoms. The van der Waals surface area contributed by atoms with E-state index in [1.54, 1.807) is 7.11 Å². The van der Waals surface area contributed by atoms with E-state index in [2.05, 4.69) is 10.3 Å². The van der Waals surface area contributed by atoms with Crippen molar-refractivity contribution in [3.8, 4) is 0 Å². The standard InChI is InChI=1S/C17H23N3O2S/c1-11(15(18)13-7-5-4-6-8-13)16(21)19-9-14-10-23-17(20-14)12(2)22-3/h4-8,10-12,15H,9,18H2,1-3H3,(H,19,21). The summed E-state index contributed by atoms with van der Waals surface area (Å²) in [7, 11) is 1.65. The van der Waals surface area contributed by atoms with Gasteiger partial charge in [-0.3, -0.25) is 4.79 Å². The molecule has 3 N–H and O–H groups in total. The van der Waals surface area contributed by atoms with Crippen LogP contribution in [-0.4, -0.2) is 18.0 Å². The Morgan fingerprint density at radius 2 is 2.04 bits per heavy atom. The van der Waals surface area contributed by atoms with Crippen LogP contribution in [0.2, 0.25) is 0 Å². The Labute approximate surface area is 140 Å². The molecular formula is C17H23N3O2S. The van der Waals surface area contributed by atoms with Crippen LogP contribution in [0.4, 0.5) is 0 Å². The van der Waals surface area contributed by atoms with Crippen LogP contribution in [0.1, 0.15) is 42.3 Å². The summed E-state index contributed by atoms with van der Waals surface area (Å²) < 4.78 is 5.24. The van der Waals surface area contributed by atoms with Crippen LogP contribution in [0, 0.1) is 5.92 Å². The van der Waals surface area contributed by atoms with Crippen molar-refractivity contribution >= 4 is 17.2 Å². The SMILES string of the molecule is COC(C)c1nc(CNC(=O)C(C)C(N)c2ccccc2)cs1. The molecule has 1 aromatic carbocycles. The summed E-state index contributed by atoms with van der Waals surface area (Å²) in [5.74, 6) is -0.385. The monoisotopic (exact) mass is 333 g/mol. The van der Waals surface area contributed by atoms with Gasteiger partial charge in [-0.15, -0.1) is 11.3 Å². The van der Waals surface area contributed by atoms with Gasteiger partial charge < -0.3 is 15.8 Å². The number of nitrogens with zero attached hydrogens (tertiary/aromatic N) is 1. The number of hydrogen-bond donors (Lipinski definition) is 2. The number of nitrogens with two attached hydrogens (primary N) is 1. The van der Waals surface area contributed by atoms with Crippen LogP contribution >= 0.6 is 11.3 Å². The van der Waals surface area contributed by atoms with Gasteiger partial charge in [0, 0.05) is 18.5 Å². The number of nitrogens with one attached hydrogen (secondary N) is 1. The van der Waals surface area contributed by atoms with Crippen molar-refractivity contribution in [2.75, 3.05) is 7.11 Å². The minimum absolute atomic E-state index is 0.0325. The Balaban J connectivity index is 1.90. The third kappa shape index (κ3) is 4.60. The number of hydrogen-bond acceptors (Lipinski definition) is 5. The van der Waals surface area contributed by atoms with E-state index in [-0.39, 0.29) is 24.0 Å². The predicted molar refractivity (Wildman–Crippen MR) is 91.9 cm³/mol. The maximum absolute atomic E-state index is 12.3. The maximum atomic E-state index is 12.3.